The van der Waals surface area contributed by atoms with Gasteiger partial charge in [0.25, 0.3) is 0 Å². The minimum Gasteiger partial charge on any atom is -0.508 e. The van der Waals surface area contributed by atoms with Crippen molar-refractivity contribution in [3.63, 3.8) is 0 Å². The second kappa shape index (κ2) is 14.8. The maximum Gasteiger partial charge on any atom is 0.325 e. The molecule has 0 aromatic heterocycles. The zero-order valence-corrected chi connectivity index (χ0v) is 20.3. The fourth-order valence-corrected chi connectivity index (χ4v) is 3.39. The summed E-state index contributed by atoms with van der Waals surface area (Å²) in [7, 11) is 0. The number of aromatic hydroxyl groups is 1. The lowest BCUT2D eigenvalue weighted by molar-refractivity contribution is -0.142. The summed E-state index contributed by atoms with van der Waals surface area (Å²) in [6.45, 7) is 1.28. The van der Waals surface area contributed by atoms with Crippen LogP contribution in [0.15, 0.2) is 24.3 Å². The molecule has 0 aliphatic heterocycles. The van der Waals surface area contributed by atoms with Crippen molar-refractivity contribution in [1.29, 1.82) is 0 Å². The molecule has 1 aromatic rings. The Morgan fingerprint density at radius 3 is 2.03 bits per heavy atom. The first-order valence-electron chi connectivity index (χ1n) is 10.8. The van der Waals surface area contributed by atoms with E-state index in [-0.39, 0.29) is 31.4 Å². The van der Waals surface area contributed by atoms with Crippen LogP contribution in [0.5, 0.6) is 5.75 Å². The van der Waals surface area contributed by atoms with Gasteiger partial charge in [0.05, 0.1) is 6.04 Å². The van der Waals surface area contributed by atoms with E-state index >= 15 is 0 Å². The van der Waals surface area contributed by atoms with Crippen molar-refractivity contribution in [1.82, 2.24) is 16.0 Å². The highest BCUT2D eigenvalue weighted by atomic mass is 32.2. The molecule has 0 fully saturated rings. The predicted molar refractivity (Wildman–Crippen MR) is 129 cm³/mol. The highest BCUT2D eigenvalue weighted by Crippen LogP contribution is 2.12. The Hall–Kier alpha value is -3.32. The molecule has 0 saturated carbocycles. The van der Waals surface area contributed by atoms with Gasteiger partial charge in [-0.15, -0.1) is 0 Å². The van der Waals surface area contributed by atoms with Crippen LogP contribution in [0.4, 0.5) is 0 Å². The molecule has 0 radical (unpaired) electrons. The zero-order chi connectivity index (χ0) is 26.5. The third-order valence-electron chi connectivity index (χ3n) is 4.99. The van der Waals surface area contributed by atoms with Crippen LogP contribution in [0.1, 0.15) is 31.7 Å². The second-order valence-electron chi connectivity index (χ2n) is 7.88. The summed E-state index contributed by atoms with van der Waals surface area (Å²) in [6.07, 6.45) is 1.59. The number of amides is 3. The topological polar surface area (TPSA) is 208 Å². The molecule has 13 heteroatoms. The average molecular weight is 513 g/mol. The molecule has 1 rings (SSSR count). The number of phenolic OH excluding ortho intramolecular Hbond substituents is 1. The number of hydrogen-bond acceptors (Lipinski definition) is 8. The van der Waals surface area contributed by atoms with E-state index < -0.39 is 53.8 Å². The van der Waals surface area contributed by atoms with Crippen LogP contribution in [0.3, 0.4) is 0 Å². The number of nitrogens with one attached hydrogen (secondary N) is 3. The zero-order valence-electron chi connectivity index (χ0n) is 19.5. The standard InChI is InChI=1S/C22H32N4O8S/c1-12(22(33)34)24-21(32)17(11-13-3-5-14(27)6-4-13)26-20(31)16(9-10-35-2)25-19(30)15(23)7-8-18(28)29/h3-6,12,15-17,27H,7-11,23H2,1-2H3,(H,24,32)(H,25,30)(H,26,31)(H,28,29)(H,33,34). The van der Waals surface area contributed by atoms with Crippen molar-refractivity contribution >= 4 is 41.4 Å². The summed E-state index contributed by atoms with van der Waals surface area (Å²) in [6, 6.07) is 1.34. The summed E-state index contributed by atoms with van der Waals surface area (Å²) in [5, 5.41) is 34.7. The highest BCUT2D eigenvalue weighted by Gasteiger charge is 2.29. The van der Waals surface area contributed by atoms with Crippen LogP contribution in [0, 0.1) is 0 Å². The van der Waals surface area contributed by atoms with E-state index in [2.05, 4.69) is 16.0 Å². The molecule has 0 aliphatic carbocycles. The fraction of sp³-hybridized carbons (Fsp3) is 0.500. The molecule has 0 heterocycles. The molecule has 0 bridgehead atoms. The van der Waals surface area contributed by atoms with Crippen molar-refractivity contribution in [2.75, 3.05) is 12.0 Å². The fourth-order valence-electron chi connectivity index (χ4n) is 2.92. The molecular formula is C22H32N4O8S. The van der Waals surface area contributed by atoms with Gasteiger partial charge in [0.2, 0.25) is 17.7 Å². The van der Waals surface area contributed by atoms with Gasteiger partial charge in [-0.2, -0.15) is 11.8 Å². The summed E-state index contributed by atoms with van der Waals surface area (Å²) in [5.74, 6) is -3.98. The molecule has 3 amide bonds. The van der Waals surface area contributed by atoms with Crippen molar-refractivity contribution in [2.24, 2.45) is 5.73 Å². The molecular weight excluding hydrogens is 480 g/mol. The first-order chi connectivity index (χ1) is 16.4. The SMILES string of the molecule is CSCCC(NC(=O)C(N)CCC(=O)O)C(=O)NC(Cc1ccc(O)cc1)C(=O)NC(C)C(=O)O. The molecule has 1 aromatic carbocycles. The molecule has 35 heavy (non-hydrogen) atoms. The van der Waals surface area contributed by atoms with E-state index in [0.29, 0.717) is 11.3 Å². The monoisotopic (exact) mass is 512 g/mol. The van der Waals surface area contributed by atoms with Crippen molar-refractivity contribution in [2.45, 2.75) is 56.8 Å². The Morgan fingerprint density at radius 2 is 1.49 bits per heavy atom. The number of nitrogens with two attached hydrogens (primary N) is 1. The second-order valence-corrected chi connectivity index (χ2v) is 8.87. The lowest BCUT2D eigenvalue weighted by atomic mass is 10.0. The predicted octanol–water partition coefficient (Wildman–Crippen LogP) is -0.561. The molecule has 8 N–H and O–H groups in total. The Bertz CT molecular complexity index is 896. The number of phenols is 1. The van der Waals surface area contributed by atoms with Gasteiger partial charge in [0.15, 0.2) is 0 Å². The number of carboxylic acids is 2. The average Bonchev–Trinajstić information content (AvgIpc) is 2.80. The van der Waals surface area contributed by atoms with Crippen LogP contribution >= 0.6 is 11.8 Å². The van der Waals surface area contributed by atoms with Gasteiger partial charge in [-0.25, -0.2) is 0 Å². The Labute approximate surface area is 207 Å². The van der Waals surface area contributed by atoms with Gasteiger partial charge in [-0.3, -0.25) is 24.0 Å². The van der Waals surface area contributed by atoms with Crippen LogP contribution in [-0.2, 0) is 30.4 Å². The third-order valence-corrected chi connectivity index (χ3v) is 5.63. The number of carboxylic acid groups (broad SMARTS) is 2. The first-order valence-corrected chi connectivity index (χ1v) is 12.2. The molecule has 12 nitrogen and oxygen atoms in total. The van der Waals surface area contributed by atoms with Crippen molar-refractivity contribution < 1.29 is 39.3 Å². The van der Waals surface area contributed by atoms with Gasteiger partial charge in [0.1, 0.15) is 23.9 Å². The normalized spacial score (nSPS) is 14.1. The summed E-state index contributed by atoms with van der Waals surface area (Å²) >= 11 is 1.43. The Balaban J connectivity index is 3.02. The van der Waals surface area contributed by atoms with Crippen molar-refractivity contribution in [3.8, 4) is 5.75 Å². The molecule has 4 unspecified atom stereocenters. The lowest BCUT2D eigenvalue weighted by Gasteiger charge is -2.25. The van der Waals surface area contributed by atoms with E-state index in [4.69, 9.17) is 15.9 Å². The third kappa shape index (κ3) is 11.1. The van der Waals surface area contributed by atoms with Gasteiger partial charge in [-0.05, 0) is 49.5 Å². The van der Waals surface area contributed by atoms with E-state index in [0.717, 1.165) is 0 Å². The highest BCUT2D eigenvalue weighted by molar-refractivity contribution is 7.98. The molecule has 194 valence electrons. The summed E-state index contributed by atoms with van der Waals surface area (Å²) in [4.78, 5) is 60.1. The van der Waals surface area contributed by atoms with Gasteiger partial charge in [-0.1, -0.05) is 12.1 Å². The maximum absolute atomic E-state index is 13.0. The van der Waals surface area contributed by atoms with Crippen LogP contribution in [0.2, 0.25) is 0 Å². The number of hydrogen-bond donors (Lipinski definition) is 7. The number of carbonyl (C=O) groups excluding carboxylic acids is 3. The number of benzene rings is 1. The van der Waals surface area contributed by atoms with Crippen LogP contribution < -0.4 is 21.7 Å². The molecule has 0 spiro atoms. The molecule has 0 saturated heterocycles. The lowest BCUT2D eigenvalue weighted by Crippen LogP contribution is -2.57. The summed E-state index contributed by atoms with van der Waals surface area (Å²) < 4.78 is 0. The van der Waals surface area contributed by atoms with Crippen LogP contribution in [-0.4, -0.2) is 81.2 Å². The molecule has 4 atom stereocenters. The largest absolute Gasteiger partial charge is 0.508 e. The van der Waals surface area contributed by atoms with Crippen molar-refractivity contribution in [3.05, 3.63) is 29.8 Å². The number of carbonyl (C=O) groups is 5. The van der Waals surface area contributed by atoms with E-state index in [1.54, 1.807) is 12.1 Å². The van der Waals surface area contributed by atoms with Gasteiger partial charge >= 0.3 is 11.9 Å². The minimum absolute atomic E-state index is 0.00842. The number of rotatable bonds is 15. The van der Waals surface area contributed by atoms with Crippen LogP contribution in [0.25, 0.3) is 0 Å². The van der Waals surface area contributed by atoms with E-state index in [9.17, 15) is 29.1 Å². The molecule has 0 aliphatic rings. The van der Waals surface area contributed by atoms with Gasteiger partial charge in [0, 0.05) is 12.8 Å². The maximum atomic E-state index is 13.0. The Morgan fingerprint density at radius 1 is 0.914 bits per heavy atom. The van der Waals surface area contributed by atoms with E-state index in [1.165, 1.54) is 30.8 Å². The minimum atomic E-state index is -1.26. The smallest absolute Gasteiger partial charge is 0.325 e. The quantitative estimate of drug-likeness (QED) is 0.159. The number of aliphatic carboxylic acids is 2. The van der Waals surface area contributed by atoms with Gasteiger partial charge < -0.3 is 37.0 Å². The Kier molecular flexibility index (Phi) is 12.6. The summed E-state index contributed by atoms with van der Waals surface area (Å²) in [5.41, 5.74) is 6.33. The van der Waals surface area contributed by atoms with E-state index in [1.807, 2.05) is 6.26 Å². The number of thioether (sulfide) groups is 1. The first kappa shape index (κ1) is 29.7.